The molecule has 1 atom stereocenters. The third-order valence-corrected chi connectivity index (χ3v) is 7.52. The summed E-state index contributed by atoms with van der Waals surface area (Å²) in [5, 5.41) is 2.15. The van der Waals surface area contributed by atoms with Crippen molar-refractivity contribution in [1.82, 2.24) is 13.9 Å². The number of nitrogens with zero attached hydrogens (tertiary/aromatic N) is 4. The summed E-state index contributed by atoms with van der Waals surface area (Å²) < 4.78 is 5.86. The van der Waals surface area contributed by atoms with E-state index in [4.69, 9.17) is 4.99 Å². The topological polar surface area (TPSA) is 44.2 Å². The highest BCUT2D eigenvalue weighted by molar-refractivity contribution is 7.07. The van der Waals surface area contributed by atoms with Gasteiger partial charge in [-0.2, -0.15) is 0 Å². The van der Waals surface area contributed by atoms with Gasteiger partial charge in [0.25, 0.3) is 5.56 Å². The van der Waals surface area contributed by atoms with E-state index in [1.807, 2.05) is 55.1 Å². The lowest BCUT2D eigenvalue weighted by molar-refractivity contribution is 0.501. The Bertz CT molecular complexity index is 1580. The van der Waals surface area contributed by atoms with E-state index < -0.39 is 0 Å². The fourth-order valence-corrected chi connectivity index (χ4v) is 5.58. The minimum atomic E-state index is -0.112. The highest BCUT2D eigenvalue weighted by Gasteiger charge is 2.18. The van der Waals surface area contributed by atoms with Gasteiger partial charge < -0.3 is 4.57 Å². The Morgan fingerprint density at radius 2 is 1.50 bits per heavy atom. The zero-order valence-electron chi connectivity index (χ0n) is 20.8. The van der Waals surface area contributed by atoms with Crippen LogP contribution >= 0.6 is 11.3 Å². The van der Waals surface area contributed by atoms with Crippen LogP contribution in [0.2, 0.25) is 0 Å². The number of rotatable bonds is 7. The molecule has 0 amide bonds. The van der Waals surface area contributed by atoms with Crippen molar-refractivity contribution in [3.05, 3.63) is 123 Å². The average Bonchev–Trinajstić information content (AvgIpc) is 3.43. The largest absolute Gasteiger partial charge is 0.314 e. The van der Waals surface area contributed by atoms with Gasteiger partial charge in [0.15, 0.2) is 10.5 Å². The highest BCUT2D eigenvalue weighted by Crippen LogP contribution is 2.26. The molecule has 2 heterocycles. The van der Waals surface area contributed by atoms with Crippen LogP contribution in [0.5, 0.6) is 0 Å². The third-order valence-electron chi connectivity index (χ3n) is 6.68. The van der Waals surface area contributed by atoms with Crippen molar-refractivity contribution in [3.63, 3.8) is 0 Å². The van der Waals surface area contributed by atoms with Crippen molar-refractivity contribution in [2.24, 2.45) is 12.0 Å². The summed E-state index contributed by atoms with van der Waals surface area (Å²) in [4.78, 5) is 19.4. The van der Waals surface area contributed by atoms with E-state index >= 15 is 0 Å². The number of aromatic nitrogens is 3. The van der Waals surface area contributed by atoms with Crippen LogP contribution in [0.15, 0.2) is 106 Å². The summed E-state index contributed by atoms with van der Waals surface area (Å²) in [5.41, 5.74) is 5.62. The summed E-state index contributed by atoms with van der Waals surface area (Å²) in [7, 11) is 1.91. The summed E-state index contributed by atoms with van der Waals surface area (Å²) in [6.07, 6.45) is 1.94. The molecule has 0 spiro atoms. The first-order valence-electron chi connectivity index (χ1n) is 12.2. The molecule has 0 fully saturated rings. The molecule has 5 aromatic rings. The Morgan fingerprint density at radius 3 is 2.17 bits per heavy atom. The van der Waals surface area contributed by atoms with Gasteiger partial charge in [-0.3, -0.25) is 9.48 Å². The Hall–Kier alpha value is -3.90. The van der Waals surface area contributed by atoms with E-state index in [1.54, 1.807) is 16.0 Å². The molecule has 0 saturated carbocycles. The normalized spacial score (nSPS) is 12.7. The van der Waals surface area contributed by atoms with Gasteiger partial charge in [0.05, 0.1) is 17.1 Å². The molecule has 5 nitrogen and oxygen atoms in total. The molecule has 36 heavy (non-hydrogen) atoms. The van der Waals surface area contributed by atoms with Gasteiger partial charge >= 0.3 is 0 Å². The lowest BCUT2D eigenvalue weighted by Gasteiger charge is -2.17. The maximum Gasteiger partial charge on any atom is 0.297 e. The second kappa shape index (κ2) is 10.4. The van der Waals surface area contributed by atoms with Crippen LogP contribution in [-0.4, -0.2) is 13.9 Å². The Kier molecular flexibility index (Phi) is 6.87. The summed E-state index contributed by atoms with van der Waals surface area (Å²) in [5.74, 6) is 0. The minimum absolute atomic E-state index is 0.112. The molecule has 0 radical (unpaired) electrons. The smallest absolute Gasteiger partial charge is 0.297 e. The number of aryl methyl sites for hydroxylation is 1. The SMILES string of the molecule is Cc1c(N=c2scc(-c3ccccc3)n2C(C)CCc2ccccc2)c(=O)n(-c2ccccc2)n1C. The van der Waals surface area contributed by atoms with Crippen LogP contribution in [0, 0.1) is 6.92 Å². The van der Waals surface area contributed by atoms with Crippen molar-refractivity contribution < 1.29 is 0 Å². The summed E-state index contributed by atoms with van der Waals surface area (Å²) >= 11 is 1.58. The van der Waals surface area contributed by atoms with Crippen molar-refractivity contribution in [2.75, 3.05) is 0 Å². The molecule has 0 N–H and O–H groups in total. The number of hydrogen-bond donors (Lipinski definition) is 0. The second-order valence-corrected chi connectivity index (χ2v) is 9.87. The third kappa shape index (κ3) is 4.64. The van der Waals surface area contributed by atoms with Crippen LogP contribution in [0.4, 0.5) is 5.69 Å². The lowest BCUT2D eigenvalue weighted by Crippen LogP contribution is -2.22. The van der Waals surface area contributed by atoms with Gasteiger partial charge in [0.1, 0.15) is 0 Å². The van der Waals surface area contributed by atoms with Crippen molar-refractivity contribution in [2.45, 2.75) is 32.7 Å². The van der Waals surface area contributed by atoms with E-state index in [9.17, 15) is 4.79 Å². The van der Waals surface area contributed by atoms with E-state index in [1.165, 1.54) is 5.56 Å². The zero-order chi connectivity index (χ0) is 25.1. The van der Waals surface area contributed by atoms with Gasteiger partial charge in [-0.25, -0.2) is 9.67 Å². The molecule has 0 saturated heterocycles. The highest BCUT2D eigenvalue weighted by atomic mass is 32.1. The second-order valence-electron chi connectivity index (χ2n) is 9.03. The predicted octanol–water partition coefficient (Wildman–Crippen LogP) is 6.44. The Morgan fingerprint density at radius 1 is 0.889 bits per heavy atom. The minimum Gasteiger partial charge on any atom is -0.314 e. The summed E-state index contributed by atoms with van der Waals surface area (Å²) in [6, 6.07) is 30.9. The molecule has 1 unspecified atom stereocenters. The quantitative estimate of drug-likeness (QED) is 0.257. The van der Waals surface area contributed by atoms with E-state index in [2.05, 4.69) is 71.5 Å². The van der Waals surface area contributed by atoms with Crippen LogP contribution in [0.1, 0.15) is 30.6 Å². The number of benzene rings is 3. The van der Waals surface area contributed by atoms with Gasteiger partial charge in [0, 0.05) is 18.5 Å². The summed E-state index contributed by atoms with van der Waals surface area (Å²) in [6.45, 7) is 4.19. The fourth-order valence-electron chi connectivity index (χ4n) is 4.58. The maximum atomic E-state index is 13.5. The average molecular weight is 495 g/mol. The first-order valence-corrected chi connectivity index (χ1v) is 13.1. The molecular weight excluding hydrogens is 464 g/mol. The molecule has 3 aromatic carbocycles. The molecule has 5 rings (SSSR count). The molecule has 2 aromatic heterocycles. The Balaban J connectivity index is 1.62. The standard InChI is InChI=1S/C30H30N4OS/c1-22(19-20-24-13-7-4-8-14-24)33-27(25-15-9-5-10-16-25)21-36-30(33)31-28-23(2)32(3)34(29(28)35)26-17-11-6-12-18-26/h4-18,21-22H,19-20H2,1-3H3. The molecule has 6 heteroatoms. The monoisotopic (exact) mass is 494 g/mol. The molecule has 182 valence electrons. The van der Waals surface area contributed by atoms with E-state index in [0.29, 0.717) is 5.69 Å². The van der Waals surface area contributed by atoms with Gasteiger partial charge in [-0.1, -0.05) is 78.9 Å². The van der Waals surface area contributed by atoms with Crippen LogP contribution < -0.4 is 10.4 Å². The number of thiazole rings is 1. The molecule has 0 aliphatic carbocycles. The van der Waals surface area contributed by atoms with Crippen LogP contribution in [0.3, 0.4) is 0 Å². The van der Waals surface area contributed by atoms with Gasteiger partial charge in [-0.05, 0) is 49.9 Å². The number of para-hydroxylation sites is 1. The van der Waals surface area contributed by atoms with E-state index in [-0.39, 0.29) is 11.6 Å². The predicted molar refractivity (Wildman–Crippen MR) is 148 cm³/mol. The van der Waals surface area contributed by atoms with Crippen molar-refractivity contribution in [1.29, 1.82) is 0 Å². The first kappa shape index (κ1) is 23.8. The molecular formula is C30H30N4OS. The molecule has 0 bridgehead atoms. The maximum absolute atomic E-state index is 13.5. The Labute approximate surface area is 215 Å². The molecule has 0 aliphatic rings. The van der Waals surface area contributed by atoms with Crippen molar-refractivity contribution in [3.8, 4) is 16.9 Å². The van der Waals surface area contributed by atoms with E-state index in [0.717, 1.165) is 40.3 Å². The zero-order valence-corrected chi connectivity index (χ0v) is 21.7. The lowest BCUT2D eigenvalue weighted by atomic mass is 10.1. The van der Waals surface area contributed by atoms with Crippen molar-refractivity contribution >= 4 is 17.0 Å². The fraction of sp³-hybridized carbons (Fsp3) is 0.200. The number of hydrogen-bond acceptors (Lipinski definition) is 3. The van der Waals surface area contributed by atoms with Gasteiger partial charge in [0.2, 0.25) is 0 Å². The first-order chi connectivity index (χ1) is 17.5. The van der Waals surface area contributed by atoms with Gasteiger partial charge in [-0.15, -0.1) is 11.3 Å². The van der Waals surface area contributed by atoms with Crippen LogP contribution in [0.25, 0.3) is 16.9 Å². The molecule has 0 aliphatic heterocycles. The van der Waals surface area contributed by atoms with Crippen LogP contribution in [-0.2, 0) is 13.5 Å².